The van der Waals surface area contributed by atoms with Crippen molar-refractivity contribution in [2.24, 2.45) is 17.2 Å². The van der Waals surface area contributed by atoms with Gasteiger partial charge < -0.3 is 43.0 Å². The first-order valence-electron chi connectivity index (χ1n) is 13.9. The SMILES string of the molecule is C[C@@H](O)[C@H](NC(=O)[C@H](CCCCN)NC(=O)[C@@H](N)Cc1c[nH]c2ccccc12)C(=O)c1cc(CN)ccc1CC(=O)O. The van der Waals surface area contributed by atoms with Gasteiger partial charge in [-0.2, -0.15) is 0 Å². The molecule has 0 fully saturated rings. The number of benzene rings is 2. The van der Waals surface area contributed by atoms with Crippen LogP contribution in [0.15, 0.2) is 48.7 Å². The molecule has 1 aromatic heterocycles. The van der Waals surface area contributed by atoms with E-state index in [9.17, 15) is 29.4 Å². The summed E-state index contributed by atoms with van der Waals surface area (Å²) in [6, 6.07) is 8.78. The summed E-state index contributed by atoms with van der Waals surface area (Å²) in [6.45, 7) is 1.83. The molecule has 12 nitrogen and oxygen atoms in total. The van der Waals surface area contributed by atoms with Gasteiger partial charge in [0.1, 0.15) is 12.1 Å². The van der Waals surface area contributed by atoms with Gasteiger partial charge in [-0.15, -0.1) is 0 Å². The monoisotopic (exact) mass is 580 g/mol. The fourth-order valence-corrected chi connectivity index (χ4v) is 4.79. The van der Waals surface area contributed by atoms with E-state index in [4.69, 9.17) is 17.2 Å². The number of amides is 2. The van der Waals surface area contributed by atoms with Crippen LogP contribution in [-0.4, -0.2) is 69.5 Å². The number of aliphatic hydroxyl groups is 1. The summed E-state index contributed by atoms with van der Waals surface area (Å²) in [5.41, 5.74) is 20.2. The van der Waals surface area contributed by atoms with Crippen molar-refractivity contribution in [2.45, 2.75) is 69.8 Å². The second-order valence-corrected chi connectivity index (χ2v) is 10.4. The number of aliphatic carboxylic acids is 1. The van der Waals surface area contributed by atoms with Gasteiger partial charge in [0.2, 0.25) is 11.8 Å². The van der Waals surface area contributed by atoms with Crippen LogP contribution in [0.2, 0.25) is 0 Å². The zero-order valence-electron chi connectivity index (χ0n) is 23.6. The first-order chi connectivity index (χ1) is 20.0. The Balaban J connectivity index is 1.79. The number of unbranched alkanes of at least 4 members (excludes halogenated alkanes) is 1. The lowest BCUT2D eigenvalue weighted by Gasteiger charge is -2.26. The molecule has 0 bridgehead atoms. The minimum Gasteiger partial charge on any atom is -0.481 e. The molecular weight excluding hydrogens is 540 g/mol. The smallest absolute Gasteiger partial charge is 0.307 e. The van der Waals surface area contributed by atoms with E-state index in [0.29, 0.717) is 24.9 Å². The van der Waals surface area contributed by atoms with Crippen molar-refractivity contribution in [2.75, 3.05) is 6.54 Å². The molecule has 0 saturated heterocycles. The maximum absolute atomic E-state index is 13.6. The number of carbonyl (C=O) groups excluding carboxylic acids is 3. The van der Waals surface area contributed by atoms with Gasteiger partial charge in [0, 0.05) is 29.2 Å². The van der Waals surface area contributed by atoms with Crippen molar-refractivity contribution in [3.63, 3.8) is 0 Å². The standard InChI is InChI=1S/C30H40N6O6/c1-17(37)27(28(40)22-12-18(15-32)9-10-19(22)14-26(38)39)36-30(42)25(8-4-5-11-31)35-29(41)23(33)13-20-16-34-24-7-3-2-6-21(20)24/h2-3,6-7,9-10,12,16-17,23,25,27,34,37H,4-5,8,11,13-15,31-33H2,1H3,(H,35,41)(H,36,42)(H,38,39)/t17-,23+,25+,27+/m1/s1. The van der Waals surface area contributed by atoms with Gasteiger partial charge in [-0.25, -0.2) is 0 Å². The first-order valence-corrected chi connectivity index (χ1v) is 13.9. The van der Waals surface area contributed by atoms with Crippen LogP contribution in [0.4, 0.5) is 0 Å². The molecule has 2 aromatic carbocycles. The van der Waals surface area contributed by atoms with Gasteiger partial charge in [-0.3, -0.25) is 19.2 Å². The zero-order chi connectivity index (χ0) is 30.8. The summed E-state index contributed by atoms with van der Waals surface area (Å²) in [4.78, 5) is 54.7. The van der Waals surface area contributed by atoms with Crippen molar-refractivity contribution >= 4 is 34.5 Å². The number of H-pyrrole nitrogens is 1. The van der Waals surface area contributed by atoms with Gasteiger partial charge >= 0.3 is 5.97 Å². The van der Waals surface area contributed by atoms with E-state index in [1.807, 2.05) is 24.3 Å². The molecule has 12 heteroatoms. The number of carboxylic acids is 1. The summed E-state index contributed by atoms with van der Waals surface area (Å²) in [7, 11) is 0. The number of para-hydroxylation sites is 1. The van der Waals surface area contributed by atoms with Gasteiger partial charge in [0.05, 0.1) is 18.6 Å². The molecule has 0 radical (unpaired) electrons. The highest BCUT2D eigenvalue weighted by Crippen LogP contribution is 2.20. The van der Waals surface area contributed by atoms with Crippen molar-refractivity contribution in [3.05, 3.63) is 70.9 Å². The van der Waals surface area contributed by atoms with E-state index in [1.165, 1.54) is 19.1 Å². The van der Waals surface area contributed by atoms with Gasteiger partial charge in [-0.1, -0.05) is 30.3 Å². The number of aromatic amines is 1. The fourth-order valence-electron chi connectivity index (χ4n) is 4.79. The summed E-state index contributed by atoms with van der Waals surface area (Å²) in [6.07, 6.45) is 1.60. The number of carboxylic acid groups (broad SMARTS) is 1. The highest BCUT2D eigenvalue weighted by Gasteiger charge is 2.32. The summed E-state index contributed by atoms with van der Waals surface area (Å²) in [5, 5.41) is 26.0. The minimum absolute atomic E-state index is 0.0380. The maximum Gasteiger partial charge on any atom is 0.307 e. The molecule has 226 valence electrons. The van der Waals surface area contributed by atoms with Crippen LogP contribution in [0.25, 0.3) is 10.9 Å². The highest BCUT2D eigenvalue weighted by molar-refractivity contribution is 6.04. The Morgan fingerprint density at radius 3 is 2.38 bits per heavy atom. The van der Waals surface area contributed by atoms with Crippen LogP contribution in [0, 0.1) is 0 Å². The number of carbonyl (C=O) groups is 4. The van der Waals surface area contributed by atoms with Crippen LogP contribution < -0.4 is 27.8 Å². The molecule has 3 rings (SSSR count). The Labute approximate surface area is 244 Å². The molecule has 2 amide bonds. The van der Waals surface area contributed by atoms with Gasteiger partial charge in [0.25, 0.3) is 0 Å². The van der Waals surface area contributed by atoms with Gasteiger partial charge in [-0.05, 0) is 68.0 Å². The number of Topliss-reactive ketones (excluding diaryl/α,β-unsaturated/α-hetero) is 1. The number of aliphatic hydroxyl groups excluding tert-OH is 1. The molecule has 0 aliphatic rings. The number of hydrogen-bond donors (Lipinski definition) is 8. The van der Waals surface area contributed by atoms with E-state index >= 15 is 0 Å². The second-order valence-electron chi connectivity index (χ2n) is 10.4. The number of rotatable bonds is 16. The summed E-state index contributed by atoms with van der Waals surface area (Å²) in [5.74, 6) is -3.05. The molecule has 4 atom stereocenters. The normalized spacial score (nSPS) is 14.1. The van der Waals surface area contributed by atoms with Crippen LogP contribution >= 0.6 is 0 Å². The lowest BCUT2D eigenvalue weighted by atomic mass is 9.92. The third-order valence-corrected chi connectivity index (χ3v) is 7.11. The quantitative estimate of drug-likeness (QED) is 0.0869. The molecule has 11 N–H and O–H groups in total. The molecule has 0 aliphatic heterocycles. The van der Waals surface area contributed by atoms with Crippen molar-refractivity contribution < 1.29 is 29.4 Å². The zero-order valence-corrected chi connectivity index (χ0v) is 23.6. The van der Waals surface area contributed by atoms with Crippen molar-refractivity contribution in [1.82, 2.24) is 15.6 Å². The Morgan fingerprint density at radius 1 is 0.976 bits per heavy atom. The topological polar surface area (TPSA) is 227 Å². The summed E-state index contributed by atoms with van der Waals surface area (Å²) < 4.78 is 0. The molecular formula is C30H40N6O6. The van der Waals surface area contributed by atoms with E-state index in [0.717, 1.165) is 16.5 Å². The number of fused-ring (bicyclic) bond motifs is 1. The Hall–Kier alpha value is -4.10. The molecule has 0 unspecified atom stereocenters. The predicted molar refractivity (Wildman–Crippen MR) is 158 cm³/mol. The number of nitrogens with two attached hydrogens (primary N) is 3. The number of aromatic nitrogens is 1. The molecule has 3 aromatic rings. The van der Waals surface area contributed by atoms with Crippen LogP contribution in [0.3, 0.4) is 0 Å². The lowest BCUT2D eigenvalue weighted by Crippen LogP contribution is -2.56. The van der Waals surface area contributed by atoms with E-state index in [-0.39, 0.29) is 30.5 Å². The second kappa shape index (κ2) is 15.2. The Kier molecular flexibility index (Phi) is 11.7. The third-order valence-electron chi connectivity index (χ3n) is 7.11. The maximum atomic E-state index is 13.6. The van der Waals surface area contributed by atoms with E-state index in [1.54, 1.807) is 12.3 Å². The van der Waals surface area contributed by atoms with E-state index in [2.05, 4.69) is 15.6 Å². The largest absolute Gasteiger partial charge is 0.481 e. The first kappa shape index (κ1) is 32.4. The fraction of sp³-hybridized carbons (Fsp3) is 0.400. The van der Waals surface area contributed by atoms with Crippen molar-refractivity contribution in [1.29, 1.82) is 0 Å². The van der Waals surface area contributed by atoms with Crippen LogP contribution in [0.5, 0.6) is 0 Å². The highest BCUT2D eigenvalue weighted by atomic mass is 16.4. The van der Waals surface area contributed by atoms with Crippen LogP contribution in [-0.2, 0) is 33.8 Å². The summed E-state index contributed by atoms with van der Waals surface area (Å²) >= 11 is 0. The average molecular weight is 581 g/mol. The Morgan fingerprint density at radius 2 is 1.71 bits per heavy atom. The van der Waals surface area contributed by atoms with Crippen molar-refractivity contribution in [3.8, 4) is 0 Å². The van der Waals surface area contributed by atoms with Crippen LogP contribution in [0.1, 0.15) is 53.2 Å². The third kappa shape index (κ3) is 8.46. The molecule has 0 aliphatic carbocycles. The molecule has 0 saturated carbocycles. The number of hydrogen-bond acceptors (Lipinski definition) is 8. The van der Waals surface area contributed by atoms with Gasteiger partial charge in [0.15, 0.2) is 5.78 Å². The predicted octanol–water partition coefficient (Wildman–Crippen LogP) is 0.486. The number of nitrogens with one attached hydrogen (secondary N) is 3. The number of ketones is 1. The molecule has 1 heterocycles. The minimum atomic E-state index is -1.41. The molecule has 0 spiro atoms. The van der Waals surface area contributed by atoms with E-state index < -0.39 is 54.2 Å². The Bertz CT molecular complexity index is 1400. The molecule has 42 heavy (non-hydrogen) atoms. The average Bonchev–Trinajstić information content (AvgIpc) is 3.37. The lowest BCUT2D eigenvalue weighted by molar-refractivity contribution is -0.136.